The van der Waals surface area contributed by atoms with Crippen molar-refractivity contribution in [1.29, 1.82) is 0 Å². The Labute approximate surface area is 118 Å². The molecule has 1 atom stereocenters. The van der Waals surface area contributed by atoms with E-state index in [-0.39, 0.29) is 19.3 Å². The number of hydrogen-bond donors (Lipinski definition) is 4. The number of carboxylic acid groups (broad SMARTS) is 2. The number of rotatable bonds is 7. The number of urea groups is 1. The van der Waals surface area contributed by atoms with E-state index in [9.17, 15) is 14.4 Å². The predicted molar refractivity (Wildman–Crippen MR) is 71.9 cm³/mol. The van der Waals surface area contributed by atoms with Gasteiger partial charge in [0.25, 0.3) is 0 Å². The minimum absolute atomic E-state index is 0.0476. The summed E-state index contributed by atoms with van der Waals surface area (Å²) in [7, 11) is 0. The molecule has 0 aromatic carbocycles. The molecule has 110 valence electrons. The lowest BCUT2D eigenvalue weighted by Crippen LogP contribution is -2.43. The zero-order valence-electron chi connectivity index (χ0n) is 10.8. The summed E-state index contributed by atoms with van der Waals surface area (Å²) in [6.45, 7) is 1.77. The highest BCUT2D eigenvalue weighted by molar-refractivity contribution is 7.13. The third-order valence-corrected chi connectivity index (χ3v) is 3.20. The van der Waals surface area contributed by atoms with Crippen LogP contribution in [0.1, 0.15) is 25.0 Å². The molecule has 1 aromatic heterocycles. The van der Waals surface area contributed by atoms with Gasteiger partial charge in [0.2, 0.25) is 0 Å². The number of anilines is 1. The molecule has 4 N–H and O–H groups in total. The average molecular weight is 301 g/mol. The van der Waals surface area contributed by atoms with Gasteiger partial charge in [0.15, 0.2) is 5.13 Å². The zero-order valence-corrected chi connectivity index (χ0v) is 11.6. The topological polar surface area (TPSA) is 129 Å². The molecule has 8 nitrogen and oxygen atoms in total. The van der Waals surface area contributed by atoms with Crippen LogP contribution in [0.2, 0.25) is 0 Å². The number of carboxylic acids is 2. The summed E-state index contributed by atoms with van der Waals surface area (Å²) < 4.78 is 0. The predicted octanol–water partition coefficient (Wildman–Crippen LogP) is 1.28. The van der Waals surface area contributed by atoms with Crippen molar-refractivity contribution in [2.45, 2.75) is 32.2 Å². The summed E-state index contributed by atoms with van der Waals surface area (Å²) in [6, 6.07) is -1.81. The highest BCUT2D eigenvalue weighted by Crippen LogP contribution is 2.14. The Bertz CT molecular complexity index is 502. The van der Waals surface area contributed by atoms with E-state index in [4.69, 9.17) is 10.2 Å². The lowest BCUT2D eigenvalue weighted by molar-refractivity contribution is -0.140. The zero-order chi connectivity index (χ0) is 15.1. The van der Waals surface area contributed by atoms with E-state index in [1.54, 1.807) is 12.3 Å². The van der Waals surface area contributed by atoms with Gasteiger partial charge < -0.3 is 15.5 Å². The molecule has 1 aromatic rings. The van der Waals surface area contributed by atoms with Crippen molar-refractivity contribution in [2.75, 3.05) is 5.32 Å². The summed E-state index contributed by atoms with van der Waals surface area (Å²) >= 11 is 1.23. The quantitative estimate of drug-likeness (QED) is 0.600. The monoisotopic (exact) mass is 301 g/mol. The molecule has 9 heteroatoms. The first-order valence-corrected chi connectivity index (χ1v) is 6.70. The number of hydrogen-bond acceptors (Lipinski definition) is 5. The number of aromatic nitrogens is 1. The van der Waals surface area contributed by atoms with Gasteiger partial charge in [-0.1, -0.05) is 0 Å². The summed E-state index contributed by atoms with van der Waals surface area (Å²) in [6.07, 6.45) is 0.0770. The van der Waals surface area contributed by atoms with Crippen molar-refractivity contribution < 1.29 is 24.6 Å². The first kappa shape index (κ1) is 15.9. The number of aliphatic carboxylic acids is 2. The Hall–Kier alpha value is -2.16. The van der Waals surface area contributed by atoms with Crippen LogP contribution < -0.4 is 10.6 Å². The van der Waals surface area contributed by atoms with Crippen LogP contribution in [0.3, 0.4) is 0 Å². The number of amides is 2. The molecule has 0 spiro atoms. The Morgan fingerprint density at radius 1 is 1.40 bits per heavy atom. The van der Waals surface area contributed by atoms with Crippen LogP contribution >= 0.6 is 11.3 Å². The molecule has 0 saturated carbocycles. The molecular weight excluding hydrogens is 286 g/mol. The van der Waals surface area contributed by atoms with Crippen LogP contribution in [0.15, 0.2) is 5.38 Å². The third kappa shape index (κ3) is 5.65. The number of thiazole rings is 1. The molecule has 0 aliphatic rings. The molecule has 20 heavy (non-hydrogen) atoms. The highest BCUT2D eigenvalue weighted by atomic mass is 32.1. The van der Waals surface area contributed by atoms with E-state index in [1.165, 1.54) is 11.3 Å². The van der Waals surface area contributed by atoms with E-state index in [0.29, 0.717) is 5.13 Å². The average Bonchev–Trinajstić information content (AvgIpc) is 2.72. The van der Waals surface area contributed by atoms with Crippen LogP contribution in [0.5, 0.6) is 0 Å². The second kappa shape index (κ2) is 7.43. The fraction of sp³-hybridized carbons (Fsp3) is 0.455. The van der Waals surface area contributed by atoms with E-state index in [0.717, 1.165) is 5.69 Å². The first-order valence-electron chi connectivity index (χ1n) is 5.82. The van der Waals surface area contributed by atoms with Gasteiger partial charge in [0, 0.05) is 11.8 Å². The first-order chi connectivity index (χ1) is 9.38. The minimum atomic E-state index is -1.21. The minimum Gasteiger partial charge on any atom is -0.481 e. The van der Waals surface area contributed by atoms with E-state index >= 15 is 0 Å². The molecule has 0 saturated heterocycles. The van der Waals surface area contributed by atoms with Crippen molar-refractivity contribution in [3.63, 3.8) is 0 Å². The Morgan fingerprint density at radius 2 is 2.10 bits per heavy atom. The van der Waals surface area contributed by atoms with E-state index in [2.05, 4.69) is 15.6 Å². The maximum absolute atomic E-state index is 11.6. The number of aryl methyl sites for hydroxylation is 1. The van der Waals surface area contributed by atoms with Gasteiger partial charge >= 0.3 is 18.0 Å². The molecule has 0 fully saturated rings. The van der Waals surface area contributed by atoms with Crippen LogP contribution in [-0.2, 0) is 9.59 Å². The molecule has 0 aliphatic carbocycles. The largest absolute Gasteiger partial charge is 0.481 e. The molecule has 0 unspecified atom stereocenters. The third-order valence-electron chi connectivity index (χ3n) is 2.33. The molecule has 1 rings (SSSR count). The van der Waals surface area contributed by atoms with Crippen molar-refractivity contribution in [2.24, 2.45) is 0 Å². The van der Waals surface area contributed by atoms with Crippen molar-refractivity contribution in [3.8, 4) is 0 Å². The van der Waals surface area contributed by atoms with Gasteiger partial charge in [0.05, 0.1) is 5.69 Å². The van der Waals surface area contributed by atoms with Crippen LogP contribution in [0, 0.1) is 6.92 Å². The standard InChI is InChI=1S/C11H15N3O5S/c1-6-5-20-11(12-6)14-10(19)13-7(9(17)18)3-2-4-8(15)16/h5,7H,2-4H2,1H3,(H,15,16)(H,17,18)(H2,12,13,14,19)/t7-/m1/s1. The highest BCUT2D eigenvalue weighted by Gasteiger charge is 2.20. The Balaban J connectivity index is 2.46. The summed E-state index contributed by atoms with van der Waals surface area (Å²) in [4.78, 5) is 36.9. The smallest absolute Gasteiger partial charge is 0.326 e. The van der Waals surface area contributed by atoms with Crippen LogP contribution in [0.4, 0.5) is 9.93 Å². The lowest BCUT2D eigenvalue weighted by atomic mass is 10.1. The Kier molecular flexibility index (Phi) is 5.91. The maximum atomic E-state index is 11.6. The van der Waals surface area contributed by atoms with Gasteiger partial charge in [-0.15, -0.1) is 11.3 Å². The molecule has 2 amide bonds. The fourth-order valence-electron chi connectivity index (χ4n) is 1.42. The molecule has 0 bridgehead atoms. The molecule has 1 heterocycles. The van der Waals surface area contributed by atoms with Gasteiger partial charge in [-0.25, -0.2) is 14.6 Å². The van der Waals surface area contributed by atoms with E-state index in [1.807, 2.05) is 0 Å². The summed E-state index contributed by atoms with van der Waals surface area (Å²) in [5.74, 6) is -2.21. The van der Waals surface area contributed by atoms with Crippen molar-refractivity contribution in [3.05, 3.63) is 11.1 Å². The van der Waals surface area contributed by atoms with Crippen LogP contribution in [0.25, 0.3) is 0 Å². The lowest BCUT2D eigenvalue weighted by Gasteiger charge is -2.13. The van der Waals surface area contributed by atoms with Crippen molar-refractivity contribution >= 4 is 34.4 Å². The number of nitrogens with one attached hydrogen (secondary N) is 2. The van der Waals surface area contributed by atoms with Gasteiger partial charge in [-0.2, -0.15) is 0 Å². The van der Waals surface area contributed by atoms with Gasteiger partial charge in [0.1, 0.15) is 6.04 Å². The van der Waals surface area contributed by atoms with Gasteiger partial charge in [-0.05, 0) is 19.8 Å². The number of nitrogens with zero attached hydrogens (tertiary/aromatic N) is 1. The normalized spacial score (nSPS) is 11.7. The number of carbonyl (C=O) groups excluding carboxylic acids is 1. The Morgan fingerprint density at radius 3 is 2.60 bits per heavy atom. The fourth-order valence-corrected chi connectivity index (χ4v) is 2.10. The molecule has 0 aliphatic heterocycles. The summed E-state index contributed by atoms with van der Waals surface area (Å²) in [5.41, 5.74) is 0.751. The second-order valence-corrected chi connectivity index (χ2v) is 4.93. The molecule has 0 radical (unpaired) electrons. The van der Waals surface area contributed by atoms with Crippen LogP contribution in [-0.4, -0.2) is 39.2 Å². The maximum Gasteiger partial charge on any atom is 0.326 e. The SMILES string of the molecule is Cc1csc(NC(=O)N[C@H](CCCC(=O)O)C(=O)O)n1. The number of carbonyl (C=O) groups is 3. The molecular formula is C11H15N3O5S. The van der Waals surface area contributed by atoms with E-state index < -0.39 is 24.0 Å². The van der Waals surface area contributed by atoms with Gasteiger partial charge in [-0.3, -0.25) is 10.1 Å². The van der Waals surface area contributed by atoms with Crippen molar-refractivity contribution in [1.82, 2.24) is 10.3 Å². The second-order valence-electron chi connectivity index (χ2n) is 4.07. The summed E-state index contributed by atoms with van der Waals surface area (Å²) in [5, 5.41) is 24.3.